The van der Waals surface area contributed by atoms with Gasteiger partial charge in [-0.1, -0.05) is 6.07 Å². The monoisotopic (exact) mass is 468 g/mol. The van der Waals surface area contributed by atoms with E-state index in [9.17, 15) is 14.7 Å². The standard InChI is InChI=1S/C24H32N6O4/c25-14-17(15-26)20(27)24(9-10-24)23(33)30-19(22(31)32)8-13-34-12-2-1-5-18-7-6-16-4-3-11-28-21(16)29-18/h6-7,14,19,25H,1-5,8-13,27H2,(H,28,29)(H,30,33)(H,31,32)/b20-17+,25-14?. The van der Waals surface area contributed by atoms with E-state index in [4.69, 9.17) is 21.1 Å². The molecule has 1 atom stereocenters. The molecule has 1 aromatic heterocycles. The van der Waals surface area contributed by atoms with Gasteiger partial charge in [0.1, 0.15) is 17.9 Å². The molecule has 10 heteroatoms. The number of nitrogens with one attached hydrogen (secondary N) is 3. The number of nitriles is 1. The molecule has 1 aliphatic heterocycles. The van der Waals surface area contributed by atoms with Gasteiger partial charge in [-0.2, -0.15) is 5.26 Å². The van der Waals surface area contributed by atoms with Crippen molar-refractivity contribution in [2.75, 3.05) is 25.1 Å². The molecule has 2 heterocycles. The number of carbonyl (C=O) groups is 2. The molecule has 1 amide bonds. The van der Waals surface area contributed by atoms with Gasteiger partial charge in [0.25, 0.3) is 0 Å². The van der Waals surface area contributed by atoms with Crippen LogP contribution >= 0.6 is 0 Å². The van der Waals surface area contributed by atoms with Gasteiger partial charge in [-0.15, -0.1) is 0 Å². The number of aryl methyl sites for hydroxylation is 2. The van der Waals surface area contributed by atoms with Gasteiger partial charge in [-0.25, -0.2) is 9.78 Å². The summed E-state index contributed by atoms with van der Waals surface area (Å²) in [5.74, 6) is -0.692. The number of carboxylic acids is 1. The minimum absolute atomic E-state index is 0.0205. The van der Waals surface area contributed by atoms with Gasteiger partial charge in [0, 0.05) is 43.8 Å². The number of ether oxygens (including phenoxy) is 1. The number of nitrogens with two attached hydrogens (primary N) is 1. The second-order valence-corrected chi connectivity index (χ2v) is 8.73. The lowest BCUT2D eigenvalue weighted by molar-refractivity contribution is -0.143. The number of anilines is 1. The van der Waals surface area contributed by atoms with Crippen LogP contribution in [0.25, 0.3) is 0 Å². The molecule has 0 bridgehead atoms. The number of rotatable bonds is 13. The summed E-state index contributed by atoms with van der Waals surface area (Å²) < 4.78 is 5.59. The Morgan fingerprint density at radius 3 is 2.85 bits per heavy atom. The Hall–Kier alpha value is -3.45. The minimum atomic E-state index is -1.16. The molecule has 182 valence electrons. The summed E-state index contributed by atoms with van der Waals surface area (Å²) in [7, 11) is 0. The van der Waals surface area contributed by atoms with E-state index in [0.29, 0.717) is 19.4 Å². The molecule has 6 N–H and O–H groups in total. The van der Waals surface area contributed by atoms with Crippen LogP contribution in [0.2, 0.25) is 0 Å². The average Bonchev–Trinajstić information content (AvgIpc) is 3.65. The van der Waals surface area contributed by atoms with Crippen LogP contribution in [0.5, 0.6) is 0 Å². The Labute approximate surface area is 199 Å². The SMILES string of the molecule is N#C/C(C=N)=C(/N)C1(C(=O)NC(CCOCCCCc2ccc3c(n2)NCCC3)C(=O)O)CC1. The molecule has 1 unspecified atom stereocenters. The highest BCUT2D eigenvalue weighted by molar-refractivity contribution is 5.94. The lowest BCUT2D eigenvalue weighted by atomic mass is 9.97. The largest absolute Gasteiger partial charge is 0.480 e. The number of carboxylic acid groups (broad SMARTS) is 1. The zero-order valence-electron chi connectivity index (χ0n) is 19.2. The first kappa shape index (κ1) is 25.2. The zero-order chi connectivity index (χ0) is 24.6. The van der Waals surface area contributed by atoms with Crippen LogP contribution in [0.3, 0.4) is 0 Å². The Kier molecular flexibility index (Phi) is 8.60. The molecular formula is C24H32N6O4. The number of fused-ring (bicyclic) bond motifs is 1. The molecule has 1 aliphatic carbocycles. The number of carbonyl (C=O) groups excluding carboxylic acids is 1. The topological polar surface area (TPSA) is 174 Å². The van der Waals surface area contributed by atoms with Gasteiger partial charge in [0.2, 0.25) is 5.91 Å². The molecule has 34 heavy (non-hydrogen) atoms. The van der Waals surface area contributed by atoms with Crippen molar-refractivity contribution < 1.29 is 19.4 Å². The molecule has 1 saturated carbocycles. The summed E-state index contributed by atoms with van der Waals surface area (Å²) in [6.45, 7) is 1.65. The van der Waals surface area contributed by atoms with Crippen molar-refractivity contribution in [1.82, 2.24) is 10.3 Å². The van der Waals surface area contributed by atoms with Crippen molar-refractivity contribution in [3.05, 3.63) is 34.7 Å². The highest BCUT2D eigenvalue weighted by atomic mass is 16.5. The molecule has 10 nitrogen and oxygen atoms in total. The van der Waals surface area contributed by atoms with Gasteiger partial charge >= 0.3 is 5.97 Å². The van der Waals surface area contributed by atoms with Crippen LogP contribution in [0.4, 0.5) is 5.82 Å². The quantitative estimate of drug-likeness (QED) is 0.166. The third-order valence-corrected chi connectivity index (χ3v) is 6.33. The van der Waals surface area contributed by atoms with Gasteiger partial charge in [0.15, 0.2) is 0 Å². The van der Waals surface area contributed by atoms with Crippen LogP contribution in [-0.2, 0) is 27.2 Å². The number of hydrogen-bond acceptors (Lipinski definition) is 8. The van der Waals surface area contributed by atoms with Crippen LogP contribution in [0.1, 0.15) is 49.8 Å². The predicted octanol–water partition coefficient (Wildman–Crippen LogP) is 1.90. The fourth-order valence-corrected chi connectivity index (χ4v) is 4.05. The van der Waals surface area contributed by atoms with Crippen molar-refractivity contribution in [2.24, 2.45) is 11.1 Å². The molecule has 2 aliphatic rings. The highest BCUT2D eigenvalue weighted by Crippen LogP contribution is 2.51. The number of unbranched alkanes of at least 4 members (excludes halogenated alkanes) is 1. The van der Waals surface area contributed by atoms with E-state index in [2.05, 4.69) is 27.8 Å². The molecule has 0 radical (unpaired) electrons. The number of aliphatic carboxylic acids is 1. The van der Waals surface area contributed by atoms with E-state index in [1.54, 1.807) is 6.07 Å². The normalized spacial score (nSPS) is 17.3. The number of nitrogens with zero attached hydrogens (tertiary/aromatic N) is 2. The van der Waals surface area contributed by atoms with E-state index in [1.165, 1.54) is 5.56 Å². The molecule has 0 saturated heterocycles. The maximum Gasteiger partial charge on any atom is 0.326 e. The summed E-state index contributed by atoms with van der Waals surface area (Å²) in [5, 5.41) is 31.7. The van der Waals surface area contributed by atoms with E-state index >= 15 is 0 Å². The van der Waals surface area contributed by atoms with Crippen LogP contribution in [0.15, 0.2) is 23.4 Å². The summed E-state index contributed by atoms with van der Waals surface area (Å²) in [4.78, 5) is 29.0. The summed E-state index contributed by atoms with van der Waals surface area (Å²) in [5.41, 5.74) is 7.10. The first-order chi connectivity index (χ1) is 16.4. The fourth-order valence-electron chi connectivity index (χ4n) is 4.05. The summed E-state index contributed by atoms with van der Waals surface area (Å²) in [6, 6.07) is 4.90. The van der Waals surface area contributed by atoms with E-state index in [1.807, 2.05) is 0 Å². The van der Waals surface area contributed by atoms with Crippen molar-refractivity contribution in [1.29, 1.82) is 10.7 Å². The lowest BCUT2D eigenvalue weighted by Crippen LogP contribution is -2.46. The molecular weight excluding hydrogens is 436 g/mol. The first-order valence-electron chi connectivity index (χ1n) is 11.7. The smallest absolute Gasteiger partial charge is 0.326 e. The number of aromatic nitrogens is 1. The van der Waals surface area contributed by atoms with E-state index in [-0.39, 0.29) is 24.3 Å². The summed E-state index contributed by atoms with van der Waals surface area (Å²) >= 11 is 0. The van der Waals surface area contributed by atoms with Crippen molar-refractivity contribution in [2.45, 2.75) is 57.4 Å². The lowest BCUT2D eigenvalue weighted by Gasteiger charge is -2.20. The molecule has 0 spiro atoms. The number of hydrogen-bond donors (Lipinski definition) is 5. The minimum Gasteiger partial charge on any atom is -0.480 e. The highest BCUT2D eigenvalue weighted by Gasteiger charge is 2.53. The average molecular weight is 469 g/mol. The van der Waals surface area contributed by atoms with Crippen LogP contribution in [0, 0.1) is 22.2 Å². The van der Waals surface area contributed by atoms with Gasteiger partial charge in [-0.05, 0) is 56.6 Å². The number of allylic oxidation sites excluding steroid dienone is 1. The summed E-state index contributed by atoms with van der Waals surface area (Å²) in [6.07, 6.45) is 6.55. The van der Waals surface area contributed by atoms with Gasteiger partial charge in [0.05, 0.1) is 11.0 Å². The Bertz CT molecular complexity index is 996. The van der Waals surface area contributed by atoms with Crippen LogP contribution < -0.4 is 16.4 Å². The Balaban J connectivity index is 1.38. The maximum atomic E-state index is 12.7. The fraction of sp³-hybridized carbons (Fsp3) is 0.542. The zero-order valence-corrected chi connectivity index (χ0v) is 19.2. The molecule has 3 rings (SSSR count). The number of pyridine rings is 1. The van der Waals surface area contributed by atoms with Crippen molar-refractivity contribution in [3.63, 3.8) is 0 Å². The van der Waals surface area contributed by atoms with Crippen molar-refractivity contribution in [3.8, 4) is 6.07 Å². The predicted molar refractivity (Wildman–Crippen MR) is 126 cm³/mol. The van der Waals surface area contributed by atoms with E-state index in [0.717, 1.165) is 56.4 Å². The second kappa shape index (κ2) is 11.6. The van der Waals surface area contributed by atoms with Crippen LogP contribution in [-0.4, -0.2) is 54.0 Å². The Morgan fingerprint density at radius 2 is 2.18 bits per heavy atom. The van der Waals surface area contributed by atoms with E-state index < -0.39 is 23.3 Å². The maximum absolute atomic E-state index is 12.7. The molecule has 1 fully saturated rings. The van der Waals surface area contributed by atoms with Gasteiger partial charge < -0.3 is 31.6 Å². The Morgan fingerprint density at radius 1 is 1.38 bits per heavy atom. The molecule has 0 aromatic carbocycles. The second-order valence-electron chi connectivity index (χ2n) is 8.73. The van der Waals surface area contributed by atoms with Crippen molar-refractivity contribution >= 4 is 23.9 Å². The third kappa shape index (κ3) is 6.11. The van der Waals surface area contributed by atoms with Gasteiger partial charge in [-0.3, -0.25) is 4.79 Å². The molecule has 1 aromatic rings. The number of amides is 1. The first-order valence-corrected chi connectivity index (χ1v) is 11.7. The third-order valence-electron chi connectivity index (χ3n) is 6.33.